The van der Waals surface area contributed by atoms with E-state index in [4.69, 9.17) is 20.0 Å². The molecule has 0 spiro atoms. The summed E-state index contributed by atoms with van der Waals surface area (Å²) < 4.78 is 29.1. The number of carbonyl (C=O) groups is 2. The molecule has 0 amide bonds. The zero-order chi connectivity index (χ0) is 21.5. The third kappa shape index (κ3) is 10.9. The zero-order valence-corrected chi connectivity index (χ0v) is 17.4. The van der Waals surface area contributed by atoms with Gasteiger partial charge in [-0.25, -0.2) is 9.78 Å². The number of carboxylic acids is 2. The van der Waals surface area contributed by atoms with Crippen LogP contribution >= 0.6 is 0 Å². The second-order valence-corrected chi connectivity index (χ2v) is 8.65. The fourth-order valence-electron chi connectivity index (χ4n) is 2.82. The van der Waals surface area contributed by atoms with E-state index in [1.165, 1.54) is 38.5 Å². The van der Waals surface area contributed by atoms with Crippen molar-refractivity contribution >= 4 is 22.1 Å². The predicted molar refractivity (Wildman–Crippen MR) is 103 cm³/mol. The molecule has 0 rings (SSSR count). The van der Waals surface area contributed by atoms with Gasteiger partial charge in [0.25, 0.3) is 10.1 Å². The molecule has 10 heteroatoms. The molecular weight excluding hydrogens is 392 g/mol. The maximum absolute atomic E-state index is 11.4. The maximum atomic E-state index is 11.4. The van der Waals surface area contributed by atoms with Crippen LogP contribution in [0.5, 0.6) is 0 Å². The highest BCUT2D eigenvalue weighted by Crippen LogP contribution is 2.26. The summed E-state index contributed by atoms with van der Waals surface area (Å²) in [5, 5.41) is 17.9. The quantitative estimate of drug-likeness (QED) is 0.122. The monoisotopic (exact) mass is 426 g/mol. The molecule has 0 heterocycles. The first-order valence-corrected chi connectivity index (χ1v) is 11.3. The van der Waals surface area contributed by atoms with Crippen LogP contribution in [0, 0.1) is 0 Å². The van der Waals surface area contributed by atoms with E-state index in [1.54, 1.807) is 0 Å². The van der Waals surface area contributed by atoms with Crippen molar-refractivity contribution in [3.63, 3.8) is 0 Å². The molecule has 0 radical (unpaired) electrons. The number of carboxylic acid groups (broad SMARTS) is 2. The van der Waals surface area contributed by atoms with Crippen molar-refractivity contribution in [2.24, 2.45) is 0 Å². The van der Waals surface area contributed by atoms with Crippen LogP contribution in [0.2, 0.25) is 0 Å². The fraction of sp³-hybridized carbons (Fsp3) is 0.889. The van der Waals surface area contributed by atoms with Gasteiger partial charge in [0.1, 0.15) is 0 Å². The van der Waals surface area contributed by atoms with Gasteiger partial charge in [0, 0.05) is 6.42 Å². The number of unbranched alkanes of at least 4 members (excludes halogenated alkanes) is 9. The number of hydrogen-bond acceptors (Lipinski definition) is 6. The normalized spacial score (nSPS) is 13.9. The maximum Gasteiger partial charge on any atom is 0.328 e. The summed E-state index contributed by atoms with van der Waals surface area (Å²) in [4.78, 5) is 31.7. The number of aliphatic carboxylic acids is 2. The standard InChI is InChI=1S/C18H34O9S/c1-2-3-4-5-6-7-8-9-10-11-13-26-27-14-12-18(17(21)22,15-16(19)20)28(23,24)25/h2-15H2,1H3,(H,19,20)(H,21,22)(H,23,24,25). The Hall–Kier alpha value is -1.23. The van der Waals surface area contributed by atoms with Crippen molar-refractivity contribution in [1.82, 2.24) is 0 Å². The zero-order valence-electron chi connectivity index (χ0n) is 16.6. The summed E-state index contributed by atoms with van der Waals surface area (Å²) in [6.45, 7) is 1.98. The van der Waals surface area contributed by atoms with E-state index < -0.39 is 46.3 Å². The molecule has 9 nitrogen and oxygen atoms in total. The van der Waals surface area contributed by atoms with E-state index in [0.717, 1.165) is 25.7 Å². The lowest BCUT2D eigenvalue weighted by molar-refractivity contribution is -0.296. The number of hydrogen-bond donors (Lipinski definition) is 3. The van der Waals surface area contributed by atoms with Gasteiger partial charge < -0.3 is 10.2 Å². The first kappa shape index (κ1) is 26.8. The third-order valence-corrected chi connectivity index (χ3v) is 6.08. The van der Waals surface area contributed by atoms with Crippen LogP contribution in [0.4, 0.5) is 0 Å². The molecule has 0 bridgehead atoms. The van der Waals surface area contributed by atoms with E-state index in [-0.39, 0.29) is 6.61 Å². The highest BCUT2D eigenvalue weighted by Gasteiger charge is 2.52. The lowest BCUT2D eigenvalue weighted by Crippen LogP contribution is -2.48. The van der Waals surface area contributed by atoms with Gasteiger partial charge in [0.05, 0.1) is 19.6 Å². The molecule has 0 aromatic rings. The van der Waals surface area contributed by atoms with Gasteiger partial charge in [0.15, 0.2) is 0 Å². The highest BCUT2D eigenvalue weighted by atomic mass is 32.2. The van der Waals surface area contributed by atoms with Gasteiger partial charge in [-0.15, -0.1) is 0 Å². The summed E-state index contributed by atoms with van der Waals surface area (Å²) in [6.07, 6.45) is 9.54. The van der Waals surface area contributed by atoms with E-state index in [1.807, 2.05) is 0 Å². The molecule has 1 atom stereocenters. The van der Waals surface area contributed by atoms with Crippen molar-refractivity contribution in [3.05, 3.63) is 0 Å². The van der Waals surface area contributed by atoms with Crippen LogP contribution in [-0.4, -0.2) is 53.1 Å². The summed E-state index contributed by atoms with van der Waals surface area (Å²) in [7, 11) is -5.15. The minimum Gasteiger partial charge on any atom is -0.481 e. The van der Waals surface area contributed by atoms with Gasteiger partial charge in [-0.2, -0.15) is 8.42 Å². The molecular formula is C18H34O9S. The van der Waals surface area contributed by atoms with Crippen LogP contribution in [0.25, 0.3) is 0 Å². The molecule has 3 N–H and O–H groups in total. The van der Waals surface area contributed by atoms with E-state index in [9.17, 15) is 22.6 Å². The Kier molecular flexibility index (Phi) is 14.1. The SMILES string of the molecule is CCCCCCCCCCCCOOCCC(CC(=O)O)(C(=O)O)S(=O)(=O)O. The van der Waals surface area contributed by atoms with Gasteiger partial charge in [-0.05, 0) is 6.42 Å². The van der Waals surface area contributed by atoms with Crippen LogP contribution < -0.4 is 0 Å². The topological polar surface area (TPSA) is 147 Å². The van der Waals surface area contributed by atoms with Crippen LogP contribution in [0.1, 0.15) is 84.0 Å². The van der Waals surface area contributed by atoms with Crippen molar-refractivity contribution in [2.75, 3.05) is 13.2 Å². The molecule has 166 valence electrons. The summed E-state index contributed by atoms with van der Waals surface area (Å²) in [6, 6.07) is 0. The first-order valence-electron chi connectivity index (χ1n) is 9.84. The molecule has 28 heavy (non-hydrogen) atoms. The molecule has 0 aliphatic rings. The smallest absolute Gasteiger partial charge is 0.328 e. The largest absolute Gasteiger partial charge is 0.481 e. The second-order valence-electron chi connectivity index (χ2n) is 6.92. The van der Waals surface area contributed by atoms with Gasteiger partial charge in [-0.3, -0.25) is 14.1 Å². The molecule has 0 saturated heterocycles. The van der Waals surface area contributed by atoms with Crippen molar-refractivity contribution in [1.29, 1.82) is 0 Å². The minimum atomic E-state index is -5.15. The summed E-state index contributed by atoms with van der Waals surface area (Å²) >= 11 is 0. The molecule has 1 unspecified atom stereocenters. The predicted octanol–water partition coefficient (Wildman–Crippen LogP) is 3.43. The second kappa shape index (κ2) is 14.7. The molecule has 0 aliphatic carbocycles. The number of rotatable bonds is 19. The molecule has 0 aromatic heterocycles. The van der Waals surface area contributed by atoms with Gasteiger partial charge in [0.2, 0.25) is 4.75 Å². The lowest BCUT2D eigenvalue weighted by atomic mass is 10.0. The molecule has 0 fully saturated rings. The van der Waals surface area contributed by atoms with Crippen molar-refractivity contribution in [3.8, 4) is 0 Å². The fourth-order valence-corrected chi connectivity index (χ4v) is 3.69. The Morgan fingerprint density at radius 3 is 1.71 bits per heavy atom. The van der Waals surface area contributed by atoms with Crippen molar-refractivity contribution in [2.45, 2.75) is 88.7 Å². The lowest BCUT2D eigenvalue weighted by Gasteiger charge is -2.23. The third-order valence-electron chi connectivity index (χ3n) is 4.57. The summed E-state index contributed by atoms with van der Waals surface area (Å²) in [5.74, 6) is -3.61. The van der Waals surface area contributed by atoms with Crippen LogP contribution in [0.15, 0.2) is 0 Å². The first-order chi connectivity index (χ1) is 13.2. The molecule has 0 aliphatic heterocycles. The van der Waals surface area contributed by atoms with E-state index in [2.05, 4.69) is 6.92 Å². The van der Waals surface area contributed by atoms with Crippen molar-refractivity contribution < 1.29 is 42.5 Å². The Morgan fingerprint density at radius 2 is 1.29 bits per heavy atom. The van der Waals surface area contributed by atoms with Crippen LogP contribution in [-0.2, 0) is 29.5 Å². The average Bonchev–Trinajstić information content (AvgIpc) is 2.59. The van der Waals surface area contributed by atoms with Gasteiger partial charge in [-0.1, -0.05) is 64.7 Å². The van der Waals surface area contributed by atoms with Crippen LogP contribution in [0.3, 0.4) is 0 Å². The Bertz CT molecular complexity index is 547. The minimum absolute atomic E-state index is 0.265. The van der Waals surface area contributed by atoms with Gasteiger partial charge >= 0.3 is 11.9 Å². The average molecular weight is 427 g/mol. The molecule has 0 aromatic carbocycles. The Labute approximate surface area is 167 Å². The molecule has 0 saturated carbocycles. The summed E-state index contributed by atoms with van der Waals surface area (Å²) in [5.41, 5.74) is 0. The Morgan fingerprint density at radius 1 is 0.821 bits per heavy atom. The van der Waals surface area contributed by atoms with E-state index >= 15 is 0 Å². The van der Waals surface area contributed by atoms with E-state index in [0.29, 0.717) is 0 Å². The Balaban J connectivity index is 3.93. The highest BCUT2D eigenvalue weighted by molar-refractivity contribution is 7.88.